The third-order valence-corrected chi connectivity index (χ3v) is 2.78. The van der Waals surface area contributed by atoms with Gasteiger partial charge in [-0.1, -0.05) is 0 Å². The highest BCUT2D eigenvalue weighted by molar-refractivity contribution is 5.67. The molecule has 4 nitrogen and oxygen atoms in total. The van der Waals surface area contributed by atoms with Crippen LogP contribution in [-0.2, 0) is 4.74 Å². The lowest BCUT2D eigenvalue weighted by atomic mass is 10.0. The van der Waals surface area contributed by atoms with Crippen molar-refractivity contribution in [2.24, 2.45) is 0 Å². The van der Waals surface area contributed by atoms with E-state index in [1.54, 1.807) is 0 Å². The normalized spacial score (nSPS) is 22.8. The molecule has 1 atom stereocenters. The number of rotatable bonds is 3. The summed E-state index contributed by atoms with van der Waals surface area (Å²) in [5.41, 5.74) is 0. The molecule has 4 heteroatoms. The van der Waals surface area contributed by atoms with Crippen molar-refractivity contribution in [1.82, 2.24) is 10.2 Å². The molecule has 88 valence electrons. The monoisotopic (exact) mass is 214 g/mol. The molecule has 1 aliphatic rings. The van der Waals surface area contributed by atoms with Crippen molar-refractivity contribution in [2.45, 2.75) is 45.7 Å². The third kappa shape index (κ3) is 4.08. The molecule has 1 N–H and O–H groups in total. The summed E-state index contributed by atoms with van der Waals surface area (Å²) in [6, 6.07) is 0.803. The van der Waals surface area contributed by atoms with Crippen LogP contribution in [0.5, 0.6) is 0 Å². The Labute approximate surface area is 92.0 Å². The minimum absolute atomic E-state index is 0.250. The molecule has 0 bridgehead atoms. The molecule has 0 unspecified atom stereocenters. The fourth-order valence-electron chi connectivity index (χ4n) is 1.93. The lowest BCUT2D eigenvalue weighted by Gasteiger charge is -2.35. The average molecular weight is 214 g/mol. The second kappa shape index (κ2) is 5.95. The Bertz CT molecular complexity index is 207. The van der Waals surface area contributed by atoms with Crippen LogP contribution in [0.3, 0.4) is 0 Å². The number of hydrogen-bond donors (Lipinski definition) is 1. The van der Waals surface area contributed by atoms with Crippen LogP contribution in [0, 0.1) is 0 Å². The second-order valence-electron chi connectivity index (χ2n) is 4.29. The zero-order chi connectivity index (χ0) is 11.3. The fraction of sp³-hybridized carbons (Fsp3) is 0.909. The maximum Gasteiger partial charge on any atom is 0.407 e. The molecule has 0 spiro atoms. The molecule has 0 aliphatic carbocycles. The molecule has 15 heavy (non-hydrogen) atoms. The van der Waals surface area contributed by atoms with Gasteiger partial charge in [0.25, 0.3) is 0 Å². The molecule has 1 aliphatic heterocycles. The van der Waals surface area contributed by atoms with Crippen molar-refractivity contribution in [1.29, 1.82) is 0 Å². The van der Waals surface area contributed by atoms with Crippen LogP contribution >= 0.6 is 0 Å². The molecular weight excluding hydrogens is 192 g/mol. The molecular formula is C11H22N2O2. The summed E-state index contributed by atoms with van der Waals surface area (Å²) in [5.74, 6) is 0. The largest absolute Gasteiger partial charge is 0.450 e. The van der Waals surface area contributed by atoms with Gasteiger partial charge in [0, 0.05) is 18.6 Å². The van der Waals surface area contributed by atoms with Crippen molar-refractivity contribution >= 4 is 6.09 Å². The summed E-state index contributed by atoms with van der Waals surface area (Å²) >= 11 is 0. The summed E-state index contributed by atoms with van der Waals surface area (Å²) in [7, 11) is 0. The van der Waals surface area contributed by atoms with E-state index in [-0.39, 0.29) is 12.1 Å². The number of likely N-dealkylation sites (tertiary alicyclic amines) is 1. The van der Waals surface area contributed by atoms with Gasteiger partial charge in [-0.2, -0.15) is 0 Å². The summed E-state index contributed by atoms with van der Waals surface area (Å²) in [4.78, 5) is 13.6. The molecule has 1 rings (SSSR count). The molecule has 0 radical (unpaired) electrons. The van der Waals surface area contributed by atoms with Crippen molar-refractivity contribution < 1.29 is 9.53 Å². The number of piperidine rings is 1. The lowest BCUT2D eigenvalue weighted by molar-refractivity contribution is 0.124. The van der Waals surface area contributed by atoms with Gasteiger partial charge >= 0.3 is 6.09 Å². The van der Waals surface area contributed by atoms with Crippen molar-refractivity contribution in [3.63, 3.8) is 0 Å². The Kier molecular flexibility index (Phi) is 4.88. The maximum absolute atomic E-state index is 11.2. The van der Waals surface area contributed by atoms with E-state index in [9.17, 15) is 4.79 Å². The number of hydrogen-bond acceptors (Lipinski definition) is 3. The quantitative estimate of drug-likeness (QED) is 0.776. The minimum atomic E-state index is -0.284. The van der Waals surface area contributed by atoms with E-state index in [4.69, 9.17) is 4.74 Å². The molecule has 0 aromatic carbocycles. The van der Waals surface area contributed by atoms with E-state index in [0.717, 1.165) is 25.9 Å². The highest BCUT2D eigenvalue weighted by atomic mass is 16.5. The van der Waals surface area contributed by atoms with E-state index >= 15 is 0 Å². The first-order valence-corrected chi connectivity index (χ1v) is 5.80. The molecule has 0 saturated carbocycles. The van der Waals surface area contributed by atoms with E-state index in [2.05, 4.69) is 24.1 Å². The lowest BCUT2D eigenvalue weighted by Crippen LogP contribution is -2.49. The Hall–Kier alpha value is -0.770. The van der Waals surface area contributed by atoms with Crippen LogP contribution in [0.4, 0.5) is 4.79 Å². The van der Waals surface area contributed by atoms with Gasteiger partial charge in [0.1, 0.15) is 0 Å². The smallest absolute Gasteiger partial charge is 0.407 e. The summed E-state index contributed by atoms with van der Waals surface area (Å²) in [6.45, 7) is 8.71. The number of amides is 1. The van der Waals surface area contributed by atoms with Crippen LogP contribution < -0.4 is 5.32 Å². The fourth-order valence-corrected chi connectivity index (χ4v) is 1.93. The molecule has 0 aromatic heterocycles. The average Bonchev–Trinajstić information content (AvgIpc) is 2.18. The standard InChI is InChI=1S/C11H22N2O2/c1-4-15-11(14)12-10-6-5-7-13(8-10)9(2)3/h9-10H,4-8H2,1-3H3,(H,12,14)/t10-/m0/s1. The predicted octanol–water partition coefficient (Wildman–Crippen LogP) is 1.61. The predicted molar refractivity (Wildman–Crippen MR) is 59.9 cm³/mol. The van der Waals surface area contributed by atoms with E-state index in [0.29, 0.717) is 12.6 Å². The summed E-state index contributed by atoms with van der Waals surface area (Å²) < 4.78 is 4.87. The molecule has 1 amide bonds. The van der Waals surface area contributed by atoms with Gasteiger partial charge in [0.15, 0.2) is 0 Å². The Morgan fingerprint density at radius 3 is 2.93 bits per heavy atom. The number of carbonyl (C=O) groups excluding carboxylic acids is 1. The SMILES string of the molecule is CCOC(=O)N[C@H]1CCCN(C(C)C)C1. The van der Waals surface area contributed by atoms with Crippen LogP contribution in [0.15, 0.2) is 0 Å². The number of nitrogens with one attached hydrogen (secondary N) is 1. The minimum Gasteiger partial charge on any atom is -0.450 e. The number of carbonyl (C=O) groups is 1. The van der Waals surface area contributed by atoms with E-state index < -0.39 is 0 Å². The topological polar surface area (TPSA) is 41.6 Å². The van der Waals surface area contributed by atoms with Crippen LogP contribution in [0.2, 0.25) is 0 Å². The van der Waals surface area contributed by atoms with Crippen molar-refractivity contribution in [3.8, 4) is 0 Å². The molecule has 1 fully saturated rings. The summed E-state index contributed by atoms with van der Waals surface area (Å²) in [6.07, 6.45) is 1.92. The number of alkyl carbamates (subject to hydrolysis) is 1. The van der Waals surface area contributed by atoms with Crippen LogP contribution in [0.1, 0.15) is 33.6 Å². The zero-order valence-electron chi connectivity index (χ0n) is 9.95. The Balaban J connectivity index is 2.33. The highest BCUT2D eigenvalue weighted by Gasteiger charge is 2.22. The molecule has 0 aromatic rings. The first-order valence-electron chi connectivity index (χ1n) is 5.80. The zero-order valence-corrected chi connectivity index (χ0v) is 9.95. The van der Waals surface area contributed by atoms with Gasteiger partial charge < -0.3 is 10.1 Å². The first-order chi connectivity index (χ1) is 7.13. The van der Waals surface area contributed by atoms with E-state index in [1.165, 1.54) is 0 Å². The Morgan fingerprint density at radius 1 is 1.60 bits per heavy atom. The van der Waals surface area contributed by atoms with Crippen LogP contribution in [0.25, 0.3) is 0 Å². The molecule has 1 heterocycles. The van der Waals surface area contributed by atoms with Gasteiger partial charge in [-0.25, -0.2) is 4.79 Å². The van der Waals surface area contributed by atoms with Gasteiger partial charge in [0.05, 0.1) is 6.61 Å². The molecule has 1 saturated heterocycles. The van der Waals surface area contributed by atoms with Crippen LogP contribution in [-0.4, -0.2) is 42.8 Å². The van der Waals surface area contributed by atoms with Gasteiger partial charge in [-0.3, -0.25) is 4.90 Å². The number of ether oxygens (including phenoxy) is 1. The van der Waals surface area contributed by atoms with Gasteiger partial charge in [-0.15, -0.1) is 0 Å². The maximum atomic E-state index is 11.2. The Morgan fingerprint density at radius 2 is 2.33 bits per heavy atom. The summed E-state index contributed by atoms with van der Waals surface area (Å²) in [5, 5.41) is 2.90. The first kappa shape index (κ1) is 12.3. The van der Waals surface area contributed by atoms with Crippen molar-refractivity contribution in [2.75, 3.05) is 19.7 Å². The van der Waals surface area contributed by atoms with E-state index in [1.807, 2.05) is 6.92 Å². The van der Waals surface area contributed by atoms with Crippen molar-refractivity contribution in [3.05, 3.63) is 0 Å². The second-order valence-corrected chi connectivity index (χ2v) is 4.29. The number of nitrogens with zero attached hydrogens (tertiary/aromatic N) is 1. The van der Waals surface area contributed by atoms with Gasteiger partial charge in [-0.05, 0) is 40.2 Å². The highest BCUT2D eigenvalue weighted by Crippen LogP contribution is 2.12. The van der Waals surface area contributed by atoms with Gasteiger partial charge in [0.2, 0.25) is 0 Å². The third-order valence-electron chi connectivity index (χ3n) is 2.78.